The molecule has 1 saturated heterocycles. The van der Waals surface area contributed by atoms with Crippen LogP contribution in [0.1, 0.15) is 13.8 Å². The van der Waals surface area contributed by atoms with Crippen molar-refractivity contribution < 1.29 is 0 Å². The Morgan fingerprint density at radius 2 is 1.92 bits per heavy atom. The molecule has 70 valence electrons. The number of aliphatic imine (C=N–C) groups is 1. The first-order valence-electron chi connectivity index (χ1n) is 4.26. The van der Waals surface area contributed by atoms with Crippen molar-refractivity contribution >= 4 is 17.7 Å². The SMILES string of the molecule is CN=C(N)N1CC(C)SC(C)C1. The van der Waals surface area contributed by atoms with E-state index in [9.17, 15) is 0 Å². The largest absolute Gasteiger partial charge is 0.370 e. The predicted octanol–water partition coefficient (Wildman–Crippen LogP) is 0.757. The second-order valence-electron chi connectivity index (χ2n) is 3.24. The van der Waals surface area contributed by atoms with Crippen LogP contribution < -0.4 is 5.73 Å². The lowest BCUT2D eigenvalue weighted by molar-refractivity contribution is 0.405. The van der Waals surface area contributed by atoms with E-state index in [1.165, 1.54) is 0 Å². The molecule has 1 rings (SSSR count). The summed E-state index contributed by atoms with van der Waals surface area (Å²) in [5.74, 6) is 0.675. The van der Waals surface area contributed by atoms with Gasteiger partial charge in [-0.05, 0) is 0 Å². The van der Waals surface area contributed by atoms with Gasteiger partial charge in [-0.25, -0.2) is 0 Å². The molecule has 0 aromatic heterocycles. The van der Waals surface area contributed by atoms with Gasteiger partial charge in [-0.3, -0.25) is 4.99 Å². The van der Waals surface area contributed by atoms with Crippen molar-refractivity contribution in [1.29, 1.82) is 0 Å². The zero-order chi connectivity index (χ0) is 9.14. The van der Waals surface area contributed by atoms with Crippen LogP contribution in [0.2, 0.25) is 0 Å². The lowest BCUT2D eigenvalue weighted by atomic mass is 10.3. The zero-order valence-corrected chi connectivity index (χ0v) is 8.77. The van der Waals surface area contributed by atoms with Gasteiger partial charge < -0.3 is 10.6 Å². The molecule has 2 unspecified atom stereocenters. The summed E-state index contributed by atoms with van der Waals surface area (Å²) in [5.41, 5.74) is 5.74. The van der Waals surface area contributed by atoms with Gasteiger partial charge >= 0.3 is 0 Å². The van der Waals surface area contributed by atoms with Crippen LogP contribution in [0, 0.1) is 0 Å². The Labute approximate surface area is 78.4 Å². The van der Waals surface area contributed by atoms with Gasteiger partial charge in [0, 0.05) is 30.6 Å². The fourth-order valence-electron chi connectivity index (χ4n) is 1.51. The van der Waals surface area contributed by atoms with Gasteiger partial charge in [-0.2, -0.15) is 11.8 Å². The summed E-state index contributed by atoms with van der Waals surface area (Å²) in [6.07, 6.45) is 0. The van der Waals surface area contributed by atoms with Gasteiger partial charge in [0.05, 0.1) is 0 Å². The Hall–Kier alpha value is -0.380. The molecule has 0 aliphatic carbocycles. The van der Waals surface area contributed by atoms with Crippen molar-refractivity contribution in [3.63, 3.8) is 0 Å². The van der Waals surface area contributed by atoms with Crippen LogP contribution in [0.15, 0.2) is 4.99 Å². The van der Waals surface area contributed by atoms with Crippen molar-refractivity contribution in [2.75, 3.05) is 20.1 Å². The van der Waals surface area contributed by atoms with Gasteiger partial charge in [-0.15, -0.1) is 0 Å². The maximum Gasteiger partial charge on any atom is 0.191 e. The number of thioether (sulfide) groups is 1. The normalized spacial score (nSPS) is 32.2. The molecule has 1 fully saturated rings. The molecule has 1 aliphatic rings. The lowest BCUT2D eigenvalue weighted by Crippen LogP contribution is -2.47. The van der Waals surface area contributed by atoms with Crippen LogP contribution in [-0.2, 0) is 0 Å². The van der Waals surface area contributed by atoms with Gasteiger partial charge in [0.1, 0.15) is 0 Å². The molecule has 0 radical (unpaired) electrons. The number of hydrogen-bond acceptors (Lipinski definition) is 2. The minimum Gasteiger partial charge on any atom is -0.370 e. The number of rotatable bonds is 0. The molecular weight excluding hydrogens is 170 g/mol. The predicted molar refractivity (Wildman–Crippen MR) is 55.6 cm³/mol. The number of nitrogens with zero attached hydrogens (tertiary/aromatic N) is 2. The van der Waals surface area contributed by atoms with E-state index in [0.29, 0.717) is 16.5 Å². The molecule has 1 aliphatic heterocycles. The monoisotopic (exact) mass is 187 g/mol. The molecule has 3 nitrogen and oxygen atoms in total. The standard InChI is InChI=1S/C8H17N3S/c1-6-4-11(8(9)10-3)5-7(2)12-6/h6-7H,4-5H2,1-3H3,(H2,9,10). The summed E-state index contributed by atoms with van der Waals surface area (Å²) in [7, 11) is 1.74. The van der Waals surface area contributed by atoms with E-state index in [1.807, 2.05) is 11.8 Å². The summed E-state index contributed by atoms with van der Waals surface area (Å²) in [6.45, 7) is 6.52. The van der Waals surface area contributed by atoms with Gasteiger partial charge in [0.2, 0.25) is 0 Å². The van der Waals surface area contributed by atoms with Crippen LogP contribution in [0.4, 0.5) is 0 Å². The van der Waals surface area contributed by atoms with E-state index in [0.717, 1.165) is 13.1 Å². The first-order valence-corrected chi connectivity index (χ1v) is 5.20. The van der Waals surface area contributed by atoms with E-state index < -0.39 is 0 Å². The highest BCUT2D eigenvalue weighted by Gasteiger charge is 2.22. The average molecular weight is 187 g/mol. The first-order chi connectivity index (χ1) is 5.63. The van der Waals surface area contributed by atoms with Crippen molar-refractivity contribution in [2.45, 2.75) is 24.3 Å². The fraction of sp³-hybridized carbons (Fsp3) is 0.875. The molecule has 0 saturated carbocycles. The quantitative estimate of drug-likeness (QED) is 0.449. The molecule has 2 N–H and O–H groups in total. The van der Waals surface area contributed by atoms with Crippen molar-refractivity contribution in [3.8, 4) is 0 Å². The summed E-state index contributed by atoms with van der Waals surface area (Å²) in [6, 6.07) is 0. The molecule has 0 bridgehead atoms. The topological polar surface area (TPSA) is 41.6 Å². The van der Waals surface area contributed by atoms with E-state index >= 15 is 0 Å². The zero-order valence-electron chi connectivity index (χ0n) is 7.95. The Morgan fingerprint density at radius 1 is 1.42 bits per heavy atom. The van der Waals surface area contributed by atoms with E-state index in [1.54, 1.807) is 7.05 Å². The summed E-state index contributed by atoms with van der Waals surface area (Å²) in [5, 5.41) is 1.32. The summed E-state index contributed by atoms with van der Waals surface area (Å²) >= 11 is 2.02. The molecule has 2 atom stereocenters. The minimum absolute atomic E-state index is 0.661. The Morgan fingerprint density at radius 3 is 2.33 bits per heavy atom. The number of guanidine groups is 1. The highest BCUT2D eigenvalue weighted by atomic mass is 32.2. The maximum atomic E-state index is 5.74. The van der Waals surface area contributed by atoms with Gasteiger partial charge in [0.25, 0.3) is 0 Å². The highest BCUT2D eigenvalue weighted by Crippen LogP contribution is 2.24. The first kappa shape index (κ1) is 9.71. The van der Waals surface area contributed by atoms with Crippen molar-refractivity contribution in [3.05, 3.63) is 0 Å². The second-order valence-corrected chi connectivity index (χ2v) is 5.13. The second kappa shape index (κ2) is 4.03. The van der Waals surface area contributed by atoms with Gasteiger partial charge in [0.15, 0.2) is 5.96 Å². The molecule has 4 heteroatoms. The molecule has 1 heterocycles. The molecule has 0 aromatic rings. The third-order valence-electron chi connectivity index (χ3n) is 1.97. The minimum atomic E-state index is 0.661. The lowest BCUT2D eigenvalue weighted by Gasteiger charge is -2.35. The fourth-order valence-corrected chi connectivity index (χ4v) is 2.83. The third-order valence-corrected chi connectivity index (χ3v) is 3.20. The number of hydrogen-bond donors (Lipinski definition) is 1. The summed E-state index contributed by atoms with van der Waals surface area (Å²) in [4.78, 5) is 6.15. The number of nitrogens with two attached hydrogens (primary N) is 1. The van der Waals surface area contributed by atoms with E-state index in [2.05, 4.69) is 23.7 Å². The molecule has 0 amide bonds. The van der Waals surface area contributed by atoms with E-state index in [-0.39, 0.29) is 0 Å². The summed E-state index contributed by atoms with van der Waals surface area (Å²) < 4.78 is 0. The van der Waals surface area contributed by atoms with Gasteiger partial charge in [-0.1, -0.05) is 13.8 Å². The van der Waals surface area contributed by atoms with Crippen LogP contribution >= 0.6 is 11.8 Å². The average Bonchev–Trinajstić information content (AvgIpc) is 2.01. The highest BCUT2D eigenvalue weighted by molar-refractivity contribution is 8.00. The van der Waals surface area contributed by atoms with Crippen LogP contribution in [0.25, 0.3) is 0 Å². The molecule has 0 aromatic carbocycles. The molecule has 12 heavy (non-hydrogen) atoms. The molecular formula is C8H17N3S. The van der Waals surface area contributed by atoms with E-state index in [4.69, 9.17) is 5.73 Å². The Balaban J connectivity index is 2.55. The third kappa shape index (κ3) is 2.30. The Kier molecular flexibility index (Phi) is 3.26. The van der Waals surface area contributed by atoms with Crippen molar-refractivity contribution in [1.82, 2.24) is 4.90 Å². The van der Waals surface area contributed by atoms with Crippen LogP contribution in [0.3, 0.4) is 0 Å². The molecule has 0 spiro atoms. The van der Waals surface area contributed by atoms with Crippen LogP contribution in [0.5, 0.6) is 0 Å². The van der Waals surface area contributed by atoms with Crippen molar-refractivity contribution in [2.24, 2.45) is 10.7 Å². The maximum absolute atomic E-state index is 5.74. The smallest absolute Gasteiger partial charge is 0.191 e. The Bertz CT molecular complexity index is 171. The van der Waals surface area contributed by atoms with Crippen LogP contribution in [-0.4, -0.2) is 41.5 Å².